The van der Waals surface area contributed by atoms with Gasteiger partial charge in [0.2, 0.25) is 76.5 Å². The van der Waals surface area contributed by atoms with Crippen molar-refractivity contribution >= 4 is 98.5 Å². The maximum Gasteiger partial charge on any atom is 0.313 e. The Kier molecular flexibility index (Phi) is 32.8. The van der Waals surface area contributed by atoms with E-state index in [1.165, 1.54) is 25.8 Å². The fraction of sp³-hybridized carbons (Fsp3) is 0.603. The van der Waals surface area contributed by atoms with Crippen LogP contribution in [0.1, 0.15) is 76.8 Å². The molecule has 0 radical (unpaired) electrons. The first-order valence-electron chi connectivity index (χ1n) is 32.6. The number of benzene rings is 2. The van der Waals surface area contributed by atoms with Crippen molar-refractivity contribution in [3.63, 3.8) is 0 Å². The highest BCUT2D eigenvalue weighted by molar-refractivity contribution is 7.98. The van der Waals surface area contributed by atoms with Gasteiger partial charge in [0.25, 0.3) is 0 Å². The number of H-pyrrole nitrogens is 1. The molecular formula is C63H87F4N11O21S2. The lowest BCUT2D eigenvalue weighted by molar-refractivity contribution is -0.144. The number of primary amides is 1. The minimum Gasteiger partial charge on any atom is -0.496 e. The van der Waals surface area contributed by atoms with Crippen molar-refractivity contribution in [1.29, 1.82) is 0 Å². The summed E-state index contributed by atoms with van der Waals surface area (Å²) in [6.45, 7) is 2.64. The highest BCUT2D eigenvalue weighted by Crippen LogP contribution is 2.37. The molecule has 0 saturated carbocycles. The minimum absolute atomic E-state index is 0.0168. The highest BCUT2D eigenvalue weighted by Gasteiger charge is 2.45. The van der Waals surface area contributed by atoms with Gasteiger partial charge in [-0.3, -0.25) is 56.9 Å². The number of nitrogens with two attached hydrogens (primary N) is 1. The van der Waals surface area contributed by atoms with E-state index >= 15 is 4.21 Å². The summed E-state index contributed by atoms with van der Waals surface area (Å²) in [6.07, 6.45) is -3.91. The highest BCUT2D eigenvalue weighted by atomic mass is 32.2. The molecule has 1 unspecified atom stereocenters. The van der Waals surface area contributed by atoms with Gasteiger partial charge in [-0.05, 0) is 42.2 Å². The molecule has 14 N–H and O–H groups in total. The molecule has 6 rings (SSSR count). The van der Waals surface area contributed by atoms with E-state index in [2.05, 4.69) is 52.3 Å². The molecule has 32 nitrogen and oxygen atoms in total. The smallest absolute Gasteiger partial charge is 0.313 e. The number of nitrogens with zero attached hydrogens (tertiary/aromatic N) is 1. The molecular weight excluding hydrogens is 1390 g/mol. The molecule has 2 bridgehead atoms. The van der Waals surface area contributed by atoms with Gasteiger partial charge < -0.3 is 102 Å². The standard InChI is InChI=1S/C63H87F4N11O21S2/c1-5-32(2)53-60(90)71-26-48(84)72-42-31-101(93)62-36(23-40(57(87)70-27-49(85)75-53)73-61(91)54(33(3)44(81)29-79)76-59(89)43-22-34(80)28-78(43)63(92)41(25-46(68)82)74-58(42)88)35-8-9-45(94-4)37(55(35)77-62)30-100-21-7-6-12-69-47(83)10-13-95-15-17-97-19-20-98-18-16-96-14-11-50(86)99-56-51(66)38(64)24-39(65)52(56)67/h8-9,24,32-34,40-44,53-54,77,79-81H,5-7,10-23,25-31H2,1-4H3,(H2,68,82)(H,69,83)(H,70,87)(H,71,90)(H,72,84)(H,73,91)(H,74,88)(H,75,85)(H,76,89)/t32-,33-,34+,40-,41-,42+,43-,44-,53-,54-,101?/m0/s1. The van der Waals surface area contributed by atoms with Gasteiger partial charge in [-0.1, -0.05) is 27.2 Å². The minimum atomic E-state index is -2.47. The third-order valence-corrected chi connectivity index (χ3v) is 19.1. The van der Waals surface area contributed by atoms with E-state index in [9.17, 15) is 85.6 Å². The summed E-state index contributed by atoms with van der Waals surface area (Å²) in [7, 11) is -1.06. The van der Waals surface area contributed by atoms with Crippen LogP contribution in [0.2, 0.25) is 0 Å². The van der Waals surface area contributed by atoms with Crippen molar-refractivity contribution in [3.8, 4) is 11.5 Å². The zero-order valence-corrected chi connectivity index (χ0v) is 57.7. The average molecular weight is 1470 g/mol. The van der Waals surface area contributed by atoms with E-state index in [-0.39, 0.29) is 87.6 Å². The molecule has 560 valence electrons. The van der Waals surface area contributed by atoms with Crippen molar-refractivity contribution in [2.45, 2.75) is 131 Å². The Morgan fingerprint density at radius 2 is 1.40 bits per heavy atom. The number of aliphatic hydroxyl groups is 3. The lowest BCUT2D eigenvalue weighted by atomic mass is 9.93. The van der Waals surface area contributed by atoms with Gasteiger partial charge in [-0.15, -0.1) is 0 Å². The van der Waals surface area contributed by atoms with E-state index in [0.29, 0.717) is 53.8 Å². The third-order valence-electron chi connectivity index (χ3n) is 16.6. The molecule has 3 aliphatic heterocycles. The van der Waals surface area contributed by atoms with Crippen LogP contribution in [0.4, 0.5) is 17.6 Å². The number of carbonyl (C=O) groups excluding carboxylic acids is 11. The van der Waals surface area contributed by atoms with E-state index in [1.54, 1.807) is 26.0 Å². The summed E-state index contributed by atoms with van der Waals surface area (Å²) in [5.41, 5.74) is 6.50. The predicted octanol–water partition coefficient (Wildman–Crippen LogP) is -2.48. The second-order valence-corrected chi connectivity index (χ2v) is 26.5. The van der Waals surface area contributed by atoms with Crippen LogP contribution in [0, 0.1) is 35.1 Å². The first-order valence-corrected chi connectivity index (χ1v) is 35.0. The monoisotopic (exact) mass is 1470 g/mol. The number of halogens is 4. The third kappa shape index (κ3) is 24.0. The number of hydrogen-bond donors (Lipinski definition) is 13. The predicted molar refractivity (Wildman–Crippen MR) is 350 cm³/mol. The van der Waals surface area contributed by atoms with Gasteiger partial charge in [-0.25, -0.2) is 8.78 Å². The Hall–Kier alpha value is -8.11. The summed E-state index contributed by atoms with van der Waals surface area (Å²) >= 11 is 1.46. The fourth-order valence-electron chi connectivity index (χ4n) is 10.9. The van der Waals surface area contributed by atoms with E-state index in [0.717, 1.165) is 4.90 Å². The zero-order chi connectivity index (χ0) is 74.0. The maximum atomic E-state index is 15.3. The van der Waals surface area contributed by atoms with Crippen LogP contribution in [0.5, 0.6) is 11.5 Å². The van der Waals surface area contributed by atoms with E-state index in [1.807, 2.05) is 0 Å². The molecule has 4 heterocycles. The number of aliphatic hydroxyl groups excluding tert-OH is 3. The zero-order valence-electron chi connectivity index (χ0n) is 56.0. The number of rotatable bonds is 31. The quantitative estimate of drug-likeness (QED) is 0.0104. The molecule has 38 heteroatoms. The summed E-state index contributed by atoms with van der Waals surface area (Å²) < 4.78 is 101. The maximum absolute atomic E-state index is 15.3. The van der Waals surface area contributed by atoms with Crippen LogP contribution in [0.15, 0.2) is 23.2 Å². The van der Waals surface area contributed by atoms with Crippen molar-refractivity contribution in [3.05, 3.63) is 52.6 Å². The molecule has 0 aliphatic carbocycles. The van der Waals surface area contributed by atoms with Gasteiger partial charge in [0.1, 0.15) is 47.0 Å². The second-order valence-electron chi connectivity index (χ2n) is 23.9. The number of esters is 1. The summed E-state index contributed by atoms with van der Waals surface area (Å²) in [5, 5.41) is 52.4. The Balaban J connectivity index is 1.14. The van der Waals surface area contributed by atoms with Crippen LogP contribution in [0.25, 0.3) is 10.9 Å². The number of nitrogens with one attached hydrogen (secondary N) is 9. The number of methoxy groups -OCH3 is 1. The summed E-state index contributed by atoms with van der Waals surface area (Å²) in [5.74, 6) is -21.2. The van der Waals surface area contributed by atoms with Crippen molar-refractivity contribution in [1.82, 2.24) is 52.4 Å². The van der Waals surface area contributed by atoms with Crippen LogP contribution >= 0.6 is 11.8 Å². The average Bonchev–Trinajstić information content (AvgIpc) is 1.62. The first kappa shape index (κ1) is 81.9. The molecule has 1 aromatic heterocycles. The number of amides is 10. The molecule has 101 heavy (non-hydrogen) atoms. The largest absolute Gasteiger partial charge is 0.496 e. The summed E-state index contributed by atoms with van der Waals surface area (Å²) in [6, 6.07) is -7.14. The molecule has 11 atom stereocenters. The van der Waals surface area contributed by atoms with Crippen LogP contribution in [0.3, 0.4) is 0 Å². The number of hydrogen-bond acceptors (Lipinski definition) is 22. The van der Waals surface area contributed by atoms with Gasteiger partial charge in [0, 0.05) is 61.0 Å². The molecule has 2 aromatic carbocycles. The summed E-state index contributed by atoms with van der Waals surface area (Å²) in [4.78, 5) is 156. The van der Waals surface area contributed by atoms with Crippen LogP contribution < -0.4 is 57.7 Å². The number of aromatic amines is 1. The van der Waals surface area contributed by atoms with Gasteiger partial charge in [0.15, 0.2) is 11.6 Å². The molecule has 0 spiro atoms. The van der Waals surface area contributed by atoms with E-state index in [4.69, 9.17) is 29.4 Å². The van der Waals surface area contributed by atoms with Crippen molar-refractivity contribution < 1.29 is 118 Å². The first-order chi connectivity index (χ1) is 48.2. The fourth-order valence-corrected chi connectivity index (χ4v) is 13.3. The number of unbranched alkanes of at least 4 members (excludes halogenated alkanes) is 1. The number of aromatic nitrogens is 1. The molecule has 3 aliphatic rings. The lowest BCUT2D eigenvalue weighted by Crippen LogP contribution is -2.62. The van der Waals surface area contributed by atoms with Gasteiger partial charge in [-0.2, -0.15) is 20.5 Å². The van der Waals surface area contributed by atoms with E-state index < -0.39 is 217 Å². The Labute approximate surface area is 584 Å². The van der Waals surface area contributed by atoms with Crippen LogP contribution in [-0.4, -0.2) is 247 Å². The normalized spacial score (nSPS) is 22.3. The number of ether oxygens (including phenoxy) is 6. The van der Waals surface area contributed by atoms with Crippen molar-refractivity contribution in [2.75, 3.05) is 104 Å². The number of fused-ring (bicyclic) bond motifs is 5. The second kappa shape index (κ2) is 40.5. The molecule has 10 amide bonds. The molecule has 3 aromatic rings. The Morgan fingerprint density at radius 3 is 2.02 bits per heavy atom. The number of thioether (sulfide) groups is 1. The topological polar surface area (TPSA) is 462 Å². The molecule has 1 fully saturated rings. The Bertz CT molecular complexity index is 3440. The Morgan fingerprint density at radius 1 is 0.772 bits per heavy atom. The van der Waals surface area contributed by atoms with Crippen molar-refractivity contribution in [2.24, 2.45) is 17.6 Å². The van der Waals surface area contributed by atoms with Crippen LogP contribution in [-0.2, 0) is 94.7 Å². The van der Waals surface area contributed by atoms with Gasteiger partial charge >= 0.3 is 5.97 Å². The number of carbonyl (C=O) groups is 11. The van der Waals surface area contributed by atoms with Gasteiger partial charge in [0.05, 0.1) is 127 Å². The molecule has 1 saturated heterocycles. The SMILES string of the molecule is CC[C@H](C)[C@@H]1NC(=O)CNC(=O)[C@@H]2Cc3c([nH]c4c(CSCCCCNC(=O)CCOCCOCCOCCOCCC(=O)Oc5c(F)c(F)cc(F)c5F)c(OC)ccc34)S(=O)C[C@@H](NC(=O)CNC1=O)C(=O)N[C@@H](CC(N)=O)C(=O)N1C[C@H](O)C[C@H]1C(=O)N[C@@H]([C@@H](C)[C@@H](O)CO)C(=O)N2. The lowest BCUT2D eigenvalue weighted by Gasteiger charge is -2.32.